The minimum atomic E-state index is -0.346. The Balaban J connectivity index is 1.89. The molecule has 3 nitrogen and oxygen atoms in total. The van der Waals surface area contributed by atoms with Crippen LogP contribution in [0.2, 0.25) is 0 Å². The molecule has 0 atom stereocenters. The summed E-state index contributed by atoms with van der Waals surface area (Å²) in [4.78, 5) is 26.5. The Morgan fingerprint density at radius 3 is 2.48 bits per heavy atom. The van der Waals surface area contributed by atoms with Gasteiger partial charge >= 0.3 is 0 Å². The molecule has 2 aromatic rings. The van der Waals surface area contributed by atoms with E-state index in [1.165, 1.54) is 4.90 Å². The van der Waals surface area contributed by atoms with Crippen LogP contribution in [-0.4, -0.2) is 11.1 Å². The molecule has 1 fully saturated rings. The van der Waals surface area contributed by atoms with E-state index in [4.69, 9.17) is 11.6 Å². The normalized spacial score (nSPS) is 16.8. The molecule has 126 valence electrons. The topological polar surface area (TPSA) is 37.4 Å². The van der Waals surface area contributed by atoms with E-state index in [0.29, 0.717) is 15.6 Å². The molecule has 0 unspecified atom stereocenters. The van der Waals surface area contributed by atoms with Crippen LogP contribution in [0.15, 0.2) is 64.5 Å². The second-order valence-corrected chi connectivity index (χ2v) is 7.18. The third kappa shape index (κ3) is 3.86. The number of nitrogens with zero attached hydrogens (tertiary/aromatic N) is 1. The lowest BCUT2D eigenvalue weighted by atomic mass is 10.1. The van der Waals surface area contributed by atoms with Crippen LogP contribution in [0, 0.1) is 13.8 Å². The lowest BCUT2D eigenvalue weighted by Crippen LogP contribution is -2.28. The Morgan fingerprint density at radius 2 is 1.80 bits per heavy atom. The van der Waals surface area contributed by atoms with Gasteiger partial charge in [-0.15, -0.1) is 0 Å². The number of aryl methyl sites for hydroxylation is 2. The molecule has 0 aliphatic carbocycles. The summed E-state index contributed by atoms with van der Waals surface area (Å²) in [6.45, 7) is 3.86. The van der Waals surface area contributed by atoms with Gasteiger partial charge in [0.15, 0.2) is 0 Å². The molecule has 0 N–H and O–H groups in total. The van der Waals surface area contributed by atoms with Crippen LogP contribution >= 0.6 is 23.4 Å². The zero-order valence-electron chi connectivity index (χ0n) is 13.8. The highest BCUT2D eigenvalue weighted by Crippen LogP contribution is 2.37. The Labute approximate surface area is 156 Å². The van der Waals surface area contributed by atoms with Gasteiger partial charge in [-0.05, 0) is 55.0 Å². The van der Waals surface area contributed by atoms with Crippen LogP contribution in [0.4, 0.5) is 10.5 Å². The van der Waals surface area contributed by atoms with Crippen LogP contribution in [0.25, 0.3) is 6.08 Å². The van der Waals surface area contributed by atoms with Gasteiger partial charge in [0.05, 0.1) is 10.6 Å². The standard InChI is InChI=1S/C20H16ClNO2S/c1-13-8-9-17(14(2)10-13)22-19(23)18(25-20(22)24)12-16(21)11-15-6-4-3-5-7-15/h3-12H,1-2H3/b16-11-,18-12-. The average molecular weight is 370 g/mol. The van der Waals surface area contributed by atoms with E-state index in [0.717, 1.165) is 28.5 Å². The summed E-state index contributed by atoms with van der Waals surface area (Å²) in [6.07, 6.45) is 3.30. The Kier molecular flexibility index (Phi) is 5.11. The van der Waals surface area contributed by atoms with Gasteiger partial charge < -0.3 is 0 Å². The molecule has 0 spiro atoms. The molecule has 0 saturated carbocycles. The fourth-order valence-electron chi connectivity index (χ4n) is 2.61. The molecule has 1 aliphatic heterocycles. The number of anilines is 1. The zero-order chi connectivity index (χ0) is 18.0. The predicted molar refractivity (Wildman–Crippen MR) is 105 cm³/mol. The van der Waals surface area contributed by atoms with Crippen molar-refractivity contribution >= 4 is 46.3 Å². The van der Waals surface area contributed by atoms with E-state index in [2.05, 4.69) is 0 Å². The second-order valence-electron chi connectivity index (χ2n) is 5.75. The van der Waals surface area contributed by atoms with Crippen LogP contribution < -0.4 is 4.90 Å². The molecule has 1 aliphatic rings. The van der Waals surface area contributed by atoms with Gasteiger partial charge in [0.25, 0.3) is 11.1 Å². The fourth-order valence-corrected chi connectivity index (χ4v) is 3.73. The maximum Gasteiger partial charge on any atom is 0.298 e. The number of allylic oxidation sites excluding steroid dienone is 2. The maximum absolute atomic E-state index is 12.7. The molecular weight excluding hydrogens is 354 g/mol. The average Bonchev–Trinajstić information content (AvgIpc) is 2.83. The molecule has 0 bridgehead atoms. The number of rotatable bonds is 3. The number of benzene rings is 2. The van der Waals surface area contributed by atoms with Gasteiger partial charge in [0, 0.05) is 5.03 Å². The summed E-state index contributed by atoms with van der Waals surface area (Å²) < 4.78 is 0. The van der Waals surface area contributed by atoms with Crippen molar-refractivity contribution in [1.82, 2.24) is 0 Å². The van der Waals surface area contributed by atoms with Gasteiger partial charge in [-0.1, -0.05) is 59.6 Å². The summed E-state index contributed by atoms with van der Waals surface area (Å²) in [5.74, 6) is -0.346. The number of hydrogen-bond donors (Lipinski definition) is 0. The van der Waals surface area contributed by atoms with E-state index < -0.39 is 0 Å². The van der Waals surface area contributed by atoms with Crippen molar-refractivity contribution in [2.24, 2.45) is 0 Å². The molecule has 1 heterocycles. The molecular formula is C20H16ClNO2S. The number of carbonyl (C=O) groups excluding carboxylic acids is 2. The van der Waals surface area contributed by atoms with Gasteiger partial charge in [0.1, 0.15) is 0 Å². The first kappa shape index (κ1) is 17.5. The highest BCUT2D eigenvalue weighted by molar-refractivity contribution is 8.18. The smallest absolute Gasteiger partial charge is 0.268 e. The zero-order valence-corrected chi connectivity index (χ0v) is 15.4. The van der Waals surface area contributed by atoms with E-state index in [-0.39, 0.29) is 11.1 Å². The van der Waals surface area contributed by atoms with Crippen LogP contribution in [-0.2, 0) is 4.79 Å². The number of carbonyl (C=O) groups is 2. The first-order chi connectivity index (χ1) is 12.0. The van der Waals surface area contributed by atoms with Gasteiger partial charge in [-0.2, -0.15) is 0 Å². The van der Waals surface area contributed by atoms with Crippen LogP contribution in [0.5, 0.6) is 0 Å². The predicted octanol–water partition coefficient (Wildman–Crippen LogP) is 5.67. The van der Waals surface area contributed by atoms with E-state index in [9.17, 15) is 9.59 Å². The Morgan fingerprint density at radius 1 is 1.08 bits per heavy atom. The molecule has 3 rings (SSSR count). The third-order valence-corrected chi connectivity index (χ3v) is 4.85. The number of thioether (sulfide) groups is 1. The fraction of sp³-hybridized carbons (Fsp3) is 0.100. The number of imide groups is 1. The van der Waals surface area contributed by atoms with Crippen molar-refractivity contribution in [2.45, 2.75) is 13.8 Å². The molecule has 1 saturated heterocycles. The van der Waals surface area contributed by atoms with Crippen molar-refractivity contribution in [3.8, 4) is 0 Å². The lowest BCUT2D eigenvalue weighted by molar-refractivity contribution is -0.113. The highest BCUT2D eigenvalue weighted by Gasteiger charge is 2.37. The van der Waals surface area contributed by atoms with Gasteiger partial charge in [-0.25, -0.2) is 4.90 Å². The number of halogens is 1. The molecule has 0 radical (unpaired) electrons. The molecule has 25 heavy (non-hydrogen) atoms. The van der Waals surface area contributed by atoms with Gasteiger partial charge in [0.2, 0.25) is 0 Å². The van der Waals surface area contributed by atoms with Crippen molar-refractivity contribution in [3.63, 3.8) is 0 Å². The lowest BCUT2D eigenvalue weighted by Gasteiger charge is -2.15. The monoisotopic (exact) mass is 369 g/mol. The minimum absolute atomic E-state index is 0.313. The van der Waals surface area contributed by atoms with Crippen LogP contribution in [0.3, 0.4) is 0 Å². The van der Waals surface area contributed by atoms with Crippen LogP contribution in [0.1, 0.15) is 16.7 Å². The molecule has 0 aromatic heterocycles. The van der Waals surface area contributed by atoms with E-state index in [1.54, 1.807) is 18.2 Å². The number of amides is 2. The van der Waals surface area contributed by atoms with Crippen molar-refractivity contribution in [3.05, 3.63) is 81.2 Å². The minimum Gasteiger partial charge on any atom is -0.268 e. The summed E-state index contributed by atoms with van der Waals surface area (Å²) >= 11 is 7.15. The van der Waals surface area contributed by atoms with Crippen molar-refractivity contribution in [1.29, 1.82) is 0 Å². The first-order valence-corrected chi connectivity index (χ1v) is 8.92. The van der Waals surface area contributed by atoms with Gasteiger partial charge in [-0.3, -0.25) is 9.59 Å². The highest BCUT2D eigenvalue weighted by atomic mass is 35.5. The summed E-state index contributed by atoms with van der Waals surface area (Å²) in [5.41, 5.74) is 3.50. The molecule has 2 aromatic carbocycles. The summed E-state index contributed by atoms with van der Waals surface area (Å²) in [7, 11) is 0. The SMILES string of the molecule is Cc1ccc(N2C(=O)S/C(=C\C(Cl)=C\c3ccccc3)C2=O)c(C)c1. The largest absolute Gasteiger partial charge is 0.298 e. The Hall–Kier alpha value is -2.30. The van der Waals surface area contributed by atoms with E-state index >= 15 is 0 Å². The molecule has 5 heteroatoms. The van der Waals surface area contributed by atoms with Crippen molar-refractivity contribution < 1.29 is 9.59 Å². The first-order valence-electron chi connectivity index (χ1n) is 7.73. The quantitative estimate of drug-likeness (QED) is 0.654. The summed E-state index contributed by atoms with van der Waals surface area (Å²) in [6, 6.07) is 15.2. The summed E-state index contributed by atoms with van der Waals surface area (Å²) in [5, 5.41) is 0.0877. The maximum atomic E-state index is 12.7. The van der Waals surface area contributed by atoms with Crippen molar-refractivity contribution in [2.75, 3.05) is 4.90 Å². The molecule has 2 amide bonds. The number of hydrogen-bond acceptors (Lipinski definition) is 3. The third-order valence-electron chi connectivity index (χ3n) is 3.76. The Bertz CT molecular complexity index is 903. The second kappa shape index (κ2) is 7.30. The van der Waals surface area contributed by atoms with E-state index in [1.807, 2.05) is 56.3 Å².